The van der Waals surface area contributed by atoms with Gasteiger partial charge in [0.05, 0.1) is 10.8 Å². The van der Waals surface area contributed by atoms with Gasteiger partial charge in [0.2, 0.25) is 0 Å². The molecule has 0 aliphatic heterocycles. The summed E-state index contributed by atoms with van der Waals surface area (Å²) in [7, 11) is 0. The zero-order valence-corrected chi connectivity index (χ0v) is 16.8. The van der Waals surface area contributed by atoms with Gasteiger partial charge in [0.15, 0.2) is 0 Å². The maximum Gasteiger partial charge on any atom is 0.310 e. The normalized spacial score (nSPS) is 24.5. The van der Waals surface area contributed by atoms with Crippen molar-refractivity contribution in [3.63, 3.8) is 0 Å². The minimum atomic E-state index is -1.15. The predicted molar refractivity (Wildman–Crippen MR) is 103 cm³/mol. The van der Waals surface area contributed by atoms with Crippen molar-refractivity contribution in [1.82, 2.24) is 0 Å². The van der Waals surface area contributed by atoms with Crippen LogP contribution in [0, 0.1) is 22.7 Å². The summed E-state index contributed by atoms with van der Waals surface area (Å²) in [6.07, 6.45) is 13.2. The molecule has 2 N–H and O–H groups in total. The van der Waals surface area contributed by atoms with E-state index in [1.165, 1.54) is 12.8 Å². The van der Waals surface area contributed by atoms with Crippen LogP contribution in [0.25, 0.3) is 0 Å². The Kier molecular flexibility index (Phi) is 7.54. The van der Waals surface area contributed by atoms with Crippen molar-refractivity contribution in [2.45, 2.75) is 104 Å². The lowest BCUT2D eigenvalue weighted by Crippen LogP contribution is -2.54. The number of hydrogen-bond acceptors (Lipinski definition) is 2. The van der Waals surface area contributed by atoms with Crippen LogP contribution in [0.1, 0.15) is 104 Å². The average molecular weight is 367 g/mol. The summed E-state index contributed by atoms with van der Waals surface area (Å²) in [4.78, 5) is 25.2. The molecule has 2 fully saturated rings. The van der Waals surface area contributed by atoms with Gasteiger partial charge in [-0.2, -0.15) is 0 Å². The molecule has 2 rings (SSSR count). The standard InChI is InChI=1S/C22H38O4/c1-3-21(19(23)24,15-17-11-7-5-8-12-17)22(4-2,20(25)26)16-18-13-9-6-10-14-18/h17-18H,3-16H2,1-2H3,(H,23,24)(H,25,26). The molecular weight excluding hydrogens is 328 g/mol. The van der Waals surface area contributed by atoms with E-state index < -0.39 is 22.8 Å². The molecule has 4 nitrogen and oxygen atoms in total. The van der Waals surface area contributed by atoms with E-state index in [0.717, 1.165) is 51.4 Å². The summed E-state index contributed by atoms with van der Waals surface area (Å²) in [5.41, 5.74) is -2.29. The largest absolute Gasteiger partial charge is 0.481 e. The van der Waals surface area contributed by atoms with E-state index in [1.54, 1.807) is 0 Å². The van der Waals surface area contributed by atoms with Crippen LogP contribution in [0.15, 0.2) is 0 Å². The smallest absolute Gasteiger partial charge is 0.310 e. The first-order chi connectivity index (χ1) is 12.4. The summed E-state index contributed by atoms with van der Waals surface area (Å²) in [5.74, 6) is -1.05. The molecule has 4 heteroatoms. The van der Waals surface area contributed by atoms with Crippen molar-refractivity contribution < 1.29 is 19.8 Å². The first-order valence-electron chi connectivity index (χ1n) is 10.9. The third-order valence-electron chi connectivity index (χ3n) is 7.67. The first-order valence-corrected chi connectivity index (χ1v) is 10.9. The van der Waals surface area contributed by atoms with Crippen LogP contribution in [-0.4, -0.2) is 22.2 Å². The Morgan fingerprint density at radius 2 is 1.00 bits per heavy atom. The Hall–Kier alpha value is -1.06. The molecule has 0 radical (unpaired) electrons. The average Bonchev–Trinajstić information content (AvgIpc) is 2.65. The molecule has 0 spiro atoms. The van der Waals surface area contributed by atoms with Gasteiger partial charge in [-0.1, -0.05) is 78.1 Å². The predicted octanol–water partition coefficient (Wildman–Crippen LogP) is 5.89. The van der Waals surface area contributed by atoms with Crippen LogP contribution < -0.4 is 0 Å². The summed E-state index contributed by atoms with van der Waals surface area (Å²) < 4.78 is 0. The highest BCUT2D eigenvalue weighted by atomic mass is 16.4. The molecule has 0 bridgehead atoms. The van der Waals surface area contributed by atoms with Gasteiger partial charge in [0, 0.05) is 0 Å². The van der Waals surface area contributed by atoms with Crippen molar-refractivity contribution >= 4 is 11.9 Å². The molecule has 0 aromatic rings. The number of carboxylic acid groups (broad SMARTS) is 2. The first kappa shape index (κ1) is 21.2. The second kappa shape index (κ2) is 9.23. The Morgan fingerprint density at radius 1 is 0.692 bits per heavy atom. The fraction of sp³-hybridized carbons (Fsp3) is 0.909. The molecular formula is C22H38O4. The second-order valence-corrected chi connectivity index (χ2v) is 8.90. The highest BCUT2D eigenvalue weighted by Crippen LogP contribution is 2.55. The fourth-order valence-electron chi connectivity index (χ4n) is 6.01. The van der Waals surface area contributed by atoms with E-state index in [9.17, 15) is 19.8 Å². The Labute approximate surface area is 158 Å². The van der Waals surface area contributed by atoms with Gasteiger partial charge in [0.1, 0.15) is 0 Å². The van der Waals surface area contributed by atoms with Crippen LogP contribution in [-0.2, 0) is 9.59 Å². The Morgan fingerprint density at radius 3 is 1.23 bits per heavy atom. The van der Waals surface area contributed by atoms with Crippen LogP contribution in [0.5, 0.6) is 0 Å². The quantitative estimate of drug-likeness (QED) is 0.533. The minimum absolute atomic E-state index is 0.358. The van der Waals surface area contributed by atoms with E-state index in [-0.39, 0.29) is 0 Å². The van der Waals surface area contributed by atoms with Crippen molar-refractivity contribution in [3.8, 4) is 0 Å². The van der Waals surface area contributed by atoms with E-state index in [4.69, 9.17) is 0 Å². The molecule has 26 heavy (non-hydrogen) atoms. The van der Waals surface area contributed by atoms with Crippen molar-refractivity contribution in [3.05, 3.63) is 0 Å². The minimum Gasteiger partial charge on any atom is -0.481 e. The van der Waals surface area contributed by atoms with Gasteiger partial charge in [-0.3, -0.25) is 9.59 Å². The monoisotopic (exact) mass is 366 g/mol. The summed E-state index contributed by atoms with van der Waals surface area (Å²) in [6.45, 7) is 3.79. The molecule has 0 amide bonds. The lowest BCUT2D eigenvalue weighted by Gasteiger charge is -2.48. The molecule has 0 aromatic carbocycles. The number of hydrogen-bond donors (Lipinski definition) is 2. The number of carboxylic acids is 2. The SMILES string of the molecule is CCC(CC1CCCCC1)(C(=O)O)C(CC)(CC1CCCCC1)C(=O)O. The number of rotatable bonds is 9. The second-order valence-electron chi connectivity index (χ2n) is 8.90. The van der Waals surface area contributed by atoms with Crippen molar-refractivity contribution in [2.75, 3.05) is 0 Å². The Bertz CT molecular complexity index is 433. The molecule has 0 heterocycles. The maximum atomic E-state index is 12.6. The third kappa shape index (κ3) is 4.09. The van der Waals surface area contributed by atoms with Gasteiger partial charge in [-0.25, -0.2) is 0 Å². The zero-order valence-electron chi connectivity index (χ0n) is 16.8. The molecule has 0 aromatic heterocycles. The molecule has 2 atom stereocenters. The highest BCUT2D eigenvalue weighted by Gasteiger charge is 2.60. The molecule has 2 aliphatic carbocycles. The Balaban J connectivity index is 2.38. The van der Waals surface area contributed by atoms with Crippen LogP contribution in [0.4, 0.5) is 0 Å². The van der Waals surface area contributed by atoms with Crippen molar-refractivity contribution in [1.29, 1.82) is 0 Å². The lowest BCUT2D eigenvalue weighted by molar-refractivity contribution is -0.181. The third-order valence-corrected chi connectivity index (χ3v) is 7.67. The van der Waals surface area contributed by atoms with Gasteiger partial charge < -0.3 is 10.2 Å². The molecule has 150 valence electrons. The van der Waals surface area contributed by atoms with Crippen LogP contribution >= 0.6 is 0 Å². The molecule has 0 saturated heterocycles. The summed E-state index contributed by atoms with van der Waals surface area (Å²) >= 11 is 0. The lowest BCUT2D eigenvalue weighted by atomic mass is 9.53. The summed E-state index contributed by atoms with van der Waals surface area (Å²) in [5, 5.41) is 20.7. The van der Waals surface area contributed by atoms with E-state index >= 15 is 0 Å². The zero-order chi connectivity index (χ0) is 19.2. The maximum absolute atomic E-state index is 12.6. The number of aliphatic carboxylic acids is 2. The van der Waals surface area contributed by atoms with Gasteiger partial charge in [-0.15, -0.1) is 0 Å². The van der Waals surface area contributed by atoms with E-state index in [0.29, 0.717) is 37.5 Å². The topological polar surface area (TPSA) is 74.6 Å². The van der Waals surface area contributed by atoms with Gasteiger partial charge in [-0.05, 0) is 37.5 Å². The van der Waals surface area contributed by atoms with Crippen LogP contribution in [0.3, 0.4) is 0 Å². The van der Waals surface area contributed by atoms with Crippen molar-refractivity contribution in [2.24, 2.45) is 22.7 Å². The van der Waals surface area contributed by atoms with Crippen LogP contribution in [0.2, 0.25) is 0 Å². The number of carbonyl (C=O) groups is 2. The molecule has 2 saturated carbocycles. The molecule has 2 unspecified atom stereocenters. The summed E-state index contributed by atoms with van der Waals surface area (Å²) in [6, 6.07) is 0. The molecule has 2 aliphatic rings. The van der Waals surface area contributed by atoms with Gasteiger partial charge >= 0.3 is 11.9 Å². The van der Waals surface area contributed by atoms with E-state index in [1.807, 2.05) is 13.8 Å². The fourth-order valence-corrected chi connectivity index (χ4v) is 6.01. The highest BCUT2D eigenvalue weighted by molar-refractivity contribution is 5.86. The van der Waals surface area contributed by atoms with E-state index in [2.05, 4.69) is 0 Å². The van der Waals surface area contributed by atoms with Gasteiger partial charge in [0.25, 0.3) is 0 Å².